The summed E-state index contributed by atoms with van der Waals surface area (Å²) in [5, 5.41) is 7.59. The van der Waals surface area contributed by atoms with Gasteiger partial charge in [0, 0.05) is 23.0 Å². The van der Waals surface area contributed by atoms with Crippen LogP contribution in [0.3, 0.4) is 0 Å². The van der Waals surface area contributed by atoms with E-state index in [1.165, 1.54) is 16.3 Å². The molecule has 1 aromatic heterocycles. The normalized spacial score (nSPS) is 18.5. The molecular weight excluding hydrogens is 408 g/mol. The Balaban J connectivity index is 1.55. The van der Waals surface area contributed by atoms with Gasteiger partial charge >= 0.3 is 0 Å². The number of hydrogen-bond donors (Lipinski definition) is 0. The van der Waals surface area contributed by atoms with Crippen molar-refractivity contribution in [3.63, 3.8) is 0 Å². The number of fused-ring (bicyclic) bond motifs is 7. The minimum Gasteiger partial charge on any atom is -0.493 e. The van der Waals surface area contributed by atoms with Crippen molar-refractivity contribution in [3.8, 4) is 28.6 Å². The Morgan fingerprint density at radius 1 is 0.697 bits per heavy atom. The molecule has 0 unspecified atom stereocenters. The van der Waals surface area contributed by atoms with Crippen LogP contribution in [0.5, 0.6) is 11.6 Å². The Labute approximate surface area is 192 Å². The zero-order chi connectivity index (χ0) is 21.8. The molecule has 0 N–H and O–H groups in total. The van der Waals surface area contributed by atoms with E-state index in [0.717, 1.165) is 34.1 Å². The summed E-state index contributed by atoms with van der Waals surface area (Å²) in [7, 11) is 0. The number of rotatable bonds is 2. The monoisotopic (exact) mass is 430 g/mol. The van der Waals surface area contributed by atoms with E-state index < -0.39 is 0 Å². The van der Waals surface area contributed by atoms with E-state index in [-0.39, 0.29) is 11.8 Å². The Morgan fingerprint density at radius 3 is 2.27 bits per heavy atom. The van der Waals surface area contributed by atoms with Gasteiger partial charge in [-0.05, 0) is 29.0 Å². The maximum Gasteiger partial charge on any atom is 0.221 e. The van der Waals surface area contributed by atoms with Crippen LogP contribution in [0.15, 0.2) is 97.1 Å². The predicted octanol–water partition coefficient (Wildman–Crippen LogP) is 6.23. The highest BCUT2D eigenvalue weighted by atomic mass is 16.5. The SMILES string of the molecule is c1ccc(-c2nn(-c3ccccc3)c3c2[C@@H]2c4c(ccc5ccccc45)OC[C@@H]2CO3)cc1. The lowest BCUT2D eigenvalue weighted by Crippen LogP contribution is -2.35. The van der Waals surface area contributed by atoms with Gasteiger partial charge in [0.05, 0.1) is 24.5 Å². The Bertz CT molecular complexity index is 1470. The van der Waals surface area contributed by atoms with E-state index in [4.69, 9.17) is 14.6 Å². The molecule has 0 aliphatic carbocycles. The lowest BCUT2D eigenvalue weighted by atomic mass is 9.75. The number of hydrogen-bond acceptors (Lipinski definition) is 3. The minimum absolute atomic E-state index is 0.149. The summed E-state index contributed by atoms with van der Waals surface area (Å²) < 4.78 is 14.6. The summed E-state index contributed by atoms with van der Waals surface area (Å²) in [5.41, 5.74) is 5.48. The third kappa shape index (κ3) is 2.80. The fraction of sp³-hybridized carbons (Fsp3) is 0.138. The van der Waals surface area contributed by atoms with Gasteiger partial charge < -0.3 is 9.47 Å². The molecule has 33 heavy (non-hydrogen) atoms. The summed E-state index contributed by atoms with van der Waals surface area (Å²) in [5.74, 6) is 2.18. The first kappa shape index (κ1) is 18.5. The summed E-state index contributed by atoms with van der Waals surface area (Å²) >= 11 is 0. The fourth-order valence-corrected chi connectivity index (χ4v) is 5.35. The number of benzene rings is 4. The predicted molar refractivity (Wildman–Crippen MR) is 129 cm³/mol. The second-order valence-electron chi connectivity index (χ2n) is 8.74. The number of nitrogens with zero attached hydrogens (tertiary/aromatic N) is 2. The van der Waals surface area contributed by atoms with Gasteiger partial charge in [-0.15, -0.1) is 0 Å². The second kappa shape index (κ2) is 7.24. The molecule has 4 heteroatoms. The van der Waals surface area contributed by atoms with Crippen molar-refractivity contribution >= 4 is 10.8 Å². The third-order valence-electron chi connectivity index (χ3n) is 6.84. The molecule has 4 nitrogen and oxygen atoms in total. The molecule has 0 saturated carbocycles. The highest BCUT2D eigenvalue weighted by Crippen LogP contribution is 2.52. The van der Waals surface area contributed by atoms with Crippen molar-refractivity contribution < 1.29 is 9.47 Å². The van der Waals surface area contributed by atoms with Gasteiger partial charge in [-0.1, -0.05) is 78.9 Å². The van der Waals surface area contributed by atoms with Gasteiger partial charge in [-0.3, -0.25) is 0 Å². The zero-order valence-corrected chi connectivity index (χ0v) is 18.0. The van der Waals surface area contributed by atoms with E-state index in [0.29, 0.717) is 13.2 Å². The molecule has 160 valence electrons. The summed E-state index contributed by atoms with van der Waals surface area (Å²) in [6.07, 6.45) is 0. The standard InChI is InChI=1S/C29H22N2O2/c1-3-10-20(11-4-1)28-27-25-21(18-33-29(27)31(30-28)22-12-5-2-6-13-22)17-32-24-16-15-19-9-7-8-14-23(19)26(24)25/h1-16,21,25H,17-18H2/t21-,25+/m1/s1. The summed E-state index contributed by atoms with van der Waals surface area (Å²) in [6.45, 7) is 1.24. The molecule has 2 atom stereocenters. The van der Waals surface area contributed by atoms with Crippen LogP contribution in [0.2, 0.25) is 0 Å². The lowest BCUT2D eigenvalue weighted by molar-refractivity contribution is 0.122. The highest BCUT2D eigenvalue weighted by molar-refractivity contribution is 5.90. The lowest BCUT2D eigenvalue weighted by Gasteiger charge is -2.38. The van der Waals surface area contributed by atoms with E-state index in [1.54, 1.807) is 0 Å². The average Bonchev–Trinajstić information content (AvgIpc) is 3.29. The topological polar surface area (TPSA) is 36.3 Å². The molecule has 2 aliphatic rings. The van der Waals surface area contributed by atoms with Crippen LogP contribution in [-0.2, 0) is 0 Å². The fourth-order valence-electron chi connectivity index (χ4n) is 5.35. The molecule has 5 aromatic rings. The largest absolute Gasteiger partial charge is 0.493 e. The van der Waals surface area contributed by atoms with Crippen LogP contribution in [0.1, 0.15) is 17.0 Å². The van der Waals surface area contributed by atoms with E-state index in [9.17, 15) is 0 Å². The molecule has 0 spiro atoms. The van der Waals surface area contributed by atoms with Gasteiger partial charge in [0.15, 0.2) is 0 Å². The van der Waals surface area contributed by atoms with E-state index in [1.807, 2.05) is 28.9 Å². The first-order valence-corrected chi connectivity index (χ1v) is 11.4. The molecule has 0 fully saturated rings. The summed E-state index contributed by atoms with van der Waals surface area (Å²) in [4.78, 5) is 0. The first-order valence-electron chi connectivity index (χ1n) is 11.4. The quantitative estimate of drug-likeness (QED) is 0.333. The number of ether oxygens (including phenoxy) is 2. The Kier molecular flexibility index (Phi) is 4.06. The minimum atomic E-state index is 0.149. The van der Waals surface area contributed by atoms with Crippen LogP contribution in [-0.4, -0.2) is 23.0 Å². The van der Waals surface area contributed by atoms with Gasteiger partial charge in [-0.2, -0.15) is 5.10 Å². The van der Waals surface area contributed by atoms with Gasteiger partial charge in [0.25, 0.3) is 0 Å². The Morgan fingerprint density at radius 2 is 1.42 bits per heavy atom. The van der Waals surface area contributed by atoms with E-state index in [2.05, 4.69) is 72.8 Å². The second-order valence-corrected chi connectivity index (χ2v) is 8.74. The molecule has 2 aliphatic heterocycles. The summed E-state index contributed by atoms with van der Waals surface area (Å²) in [6, 6.07) is 33.5. The van der Waals surface area contributed by atoms with Crippen LogP contribution >= 0.6 is 0 Å². The number of para-hydroxylation sites is 1. The van der Waals surface area contributed by atoms with Crippen molar-refractivity contribution in [2.24, 2.45) is 5.92 Å². The van der Waals surface area contributed by atoms with Gasteiger partial charge in [-0.25, -0.2) is 4.68 Å². The van der Waals surface area contributed by atoms with Crippen molar-refractivity contribution in [1.82, 2.24) is 9.78 Å². The van der Waals surface area contributed by atoms with Crippen LogP contribution in [0.4, 0.5) is 0 Å². The first-order chi connectivity index (χ1) is 16.4. The van der Waals surface area contributed by atoms with Gasteiger partial charge in [0.2, 0.25) is 5.88 Å². The Hall–Kier alpha value is -4.05. The van der Waals surface area contributed by atoms with Crippen molar-refractivity contribution in [2.45, 2.75) is 5.92 Å². The molecule has 0 amide bonds. The highest BCUT2D eigenvalue weighted by Gasteiger charge is 2.43. The van der Waals surface area contributed by atoms with Crippen molar-refractivity contribution in [3.05, 3.63) is 108 Å². The smallest absolute Gasteiger partial charge is 0.221 e. The molecule has 3 heterocycles. The molecule has 0 bridgehead atoms. The average molecular weight is 431 g/mol. The molecular formula is C29H22N2O2. The molecule has 7 rings (SSSR count). The maximum atomic E-state index is 6.43. The molecule has 0 radical (unpaired) electrons. The number of aromatic nitrogens is 2. The zero-order valence-electron chi connectivity index (χ0n) is 18.0. The van der Waals surface area contributed by atoms with E-state index >= 15 is 0 Å². The van der Waals surface area contributed by atoms with Crippen molar-refractivity contribution in [2.75, 3.05) is 13.2 Å². The van der Waals surface area contributed by atoms with Crippen LogP contribution in [0, 0.1) is 5.92 Å². The van der Waals surface area contributed by atoms with Crippen LogP contribution in [0.25, 0.3) is 27.7 Å². The maximum absolute atomic E-state index is 6.43. The van der Waals surface area contributed by atoms with Crippen LogP contribution < -0.4 is 9.47 Å². The van der Waals surface area contributed by atoms with Gasteiger partial charge in [0.1, 0.15) is 11.4 Å². The molecule has 4 aromatic carbocycles. The third-order valence-corrected chi connectivity index (χ3v) is 6.84. The molecule has 0 saturated heterocycles. The van der Waals surface area contributed by atoms with Crippen molar-refractivity contribution in [1.29, 1.82) is 0 Å².